The van der Waals surface area contributed by atoms with Crippen LogP contribution in [0, 0.1) is 23.6 Å². The van der Waals surface area contributed by atoms with Crippen LogP contribution in [0.4, 0.5) is 21.8 Å². The molecule has 1 aliphatic heterocycles. The van der Waals surface area contributed by atoms with Crippen molar-refractivity contribution in [3.05, 3.63) is 30.0 Å². The Bertz CT molecular complexity index is 1020. The molecule has 2 aromatic rings. The molecule has 0 spiro atoms. The van der Waals surface area contributed by atoms with Crippen LogP contribution in [0.3, 0.4) is 0 Å². The molecule has 2 saturated carbocycles. The van der Waals surface area contributed by atoms with Crippen molar-refractivity contribution in [1.82, 2.24) is 20.3 Å². The van der Waals surface area contributed by atoms with Gasteiger partial charge in [-0.1, -0.05) is 6.92 Å². The monoisotopic (exact) mass is 430 g/mol. The number of halogens is 1. The third kappa shape index (κ3) is 3.31. The average Bonchev–Trinajstić information content (AvgIpc) is 3.61. The molecule has 3 fully saturated rings. The zero-order valence-electron chi connectivity index (χ0n) is 16.6. The minimum atomic E-state index is -0.467. The third-order valence-electron chi connectivity index (χ3n) is 6.57. The highest BCUT2D eigenvalue weighted by Crippen LogP contribution is 2.56. The van der Waals surface area contributed by atoms with Crippen molar-refractivity contribution >= 4 is 31.7 Å². The molecule has 30 heavy (non-hydrogen) atoms. The van der Waals surface area contributed by atoms with Gasteiger partial charge in [0.15, 0.2) is 11.6 Å². The molecule has 0 amide bonds. The molecule has 0 unspecified atom stereocenters. The van der Waals surface area contributed by atoms with Crippen LogP contribution in [0.2, 0.25) is 0 Å². The Morgan fingerprint density at radius 3 is 2.87 bits per heavy atom. The van der Waals surface area contributed by atoms with E-state index in [4.69, 9.17) is 5.11 Å². The van der Waals surface area contributed by atoms with Gasteiger partial charge in [-0.25, -0.2) is 9.37 Å². The van der Waals surface area contributed by atoms with E-state index < -0.39 is 5.82 Å². The third-order valence-corrected chi connectivity index (χ3v) is 7.10. The first-order valence-corrected chi connectivity index (χ1v) is 10.6. The van der Waals surface area contributed by atoms with Crippen LogP contribution in [0.25, 0.3) is 0 Å². The van der Waals surface area contributed by atoms with Crippen molar-refractivity contribution in [2.75, 3.05) is 23.3 Å². The van der Waals surface area contributed by atoms with Crippen molar-refractivity contribution in [2.24, 2.45) is 17.8 Å². The second-order valence-electron chi connectivity index (χ2n) is 8.47. The lowest BCUT2D eigenvalue weighted by Crippen LogP contribution is -2.44. The molecular formula is C20H24FN6O2P. The quantitative estimate of drug-likeness (QED) is 0.495. The van der Waals surface area contributed by atoms with Gasteiger partial charge < -0.3 is 20.4 Å². The molecule has 158 valence electrons. The number of pyridine rings is 1. The molecule has 5 rings (SSSR count). The summed E-state index contributed by atoms with van der Waals surface area (Å²) in [5, 5.41) is 25.6. The van der Waals surface area contributed by atoms with Crippen molar-refractivity contribution in [2.45, 2.75) is 31.9 Å². The Hall–Kier alpha value is -2.35. The molecule has 4 N–H and O–H groups in total. The molecule has 10 heteroatoms. The number of hydrogen-bond donors (Lipinski definition) is 4. The van der Waals surface area contributed by atoms with E-state index in [-0.39, 0.29) is 35.4 Å². The van der Waals surface area contributed by atoms with Crippen LogP contribution in [0.5, 0.6) is 5.75 Å². The zero-order valence-corrected chi connectivity index (χ0v) is 17.6. The molecule has 0 aromatic carbocycles. The molecule has 0 bridgehead atoms. The highest BCUT2D eigenvalue weighted by atomic mass is 31.0. The van der Waals surface area contributed by atoms with Crippen molar-refractivity contribution in [3.63, 3.8) is 0 Å². The molecule has 0 radical (unpaired) electrons. The van der Waals surface area contributed by atoms with Gasteiger partial charge >= 0.3 is 0 Å². The van der Waals surface area contributed by atoms with Crippen LogP contribution >= 0.6 is 8.86 Å². The van der Waals surface area contributed by atoms with E-state index in [9.17, 15) is 9.50 Å². The molecule has 2 aromatic heterocycles. The van der Waals surface area contributed by atoms with Gasteiger partial charge in [0.2, 0.25) is 5.95 Å². The van der Waals surface area contributed by atoms with Crippen LogP contribution < -0.4 is 15.5 Å². The number of aromatic nitrogens is 3. The number of anilines is 3. The Labute approximate surface area is 175 Å². The normalized spacial score (nSPS) is 27.1. The van der Waals surface area contributed by atoms with E-state index in [2.05, 4.69) is 41.4 Å². The van der Waals surface area contributed by atoms with Gasteiger partial charge in [0.25, 0.3) is 0 Å². The van der Waals surface area contributed by atoms with Gasteiger partial charge in [-0.05, 0) is 24.7 Å². The minimum Gasteiger partial charge on any atom is -0.506 e. The number of nitrogens with one attached hydrogen (secondary N) is 2. The second-order valence-corrected chi connectivity index (χ2v) is 9.01. The fourth-order valence-corrected chi connectivity index (χ4v) is 5.02. The fraction of sp³-hybridized carbons (Fsp3) is 0.500. The number of aliphatic hydroxyl groups is 1. The summed E-state index contributed by atoms with van der Waals surface area (Å²) in [5.74, 6) is 1.45. The van der Waals surface area contributed by atoms with Gasteiger partial charge in [-0.15, -0.1) is 8.86 Å². The van der Waals surface area contributed by atoms with Gasteiger partial charge in [0.1, 0.15) is 11.4 Å². The maximum Gasteiger partial charge on any atom is 0.229 e. The molecular weight excluding hydrogens is 406 g/mol. The highest BCUT2D eigenvalue weighted by molar-refractivity contribution is 7.21. The maximum atomic E-state index is 14.6. The Kier molecular flexibility index (Phi) is 4.65. The lowest BCUT2D eigenvalue weighted by atomic mass is 10.2. The number of fused-ring (bicyclic) bond motifs is 1. The number of piperidine rings is 1. The summed E-state index contributed by atoms with van der Waals surface area (Å²) >= 11 is 0. The van der Waals surface area contributed by atoms with Crippen LogP contribution in [-0.2, 0) is 6.61 Å². The molecule has 2 aliphatic carbocycles. The summed E-state index contributed by atoms with van der Waals surface area (Å²) in [6.45, 7) is 3.29. The summed E-state index contributed by atoms with van der Waals surface area (Å²) < 4.78 is 14.6. The van der Waals surface area contributed by atoms with Crippen molar-refractivity contribution in [3.8, 4) is 5.75 Å². The predicted molar refractivity (Wildman–Crippen MR) is 114 cm³/mol. The maximum absolute atomic E-state index is 14.6. The van der Waals surface area contributed by atoms with E-state index in [1.54, 1.807) is 0 Å². The zero-order chi connectivity index (χ0) is 21.0. The van der Waals surface area contributed by atoms with Gasteiger partial charge in [-0.3, -0.25) is 10.3 Å². The van der Waals surface area contributed by atoms with Crippen LogP contribution in [-0.4, -0.2) is 49.2 Å². The lowest BCUT2D eigenvalue weighted by molar-refractivity contribution is 0.270. The Morgan fingerprint density at radius 1 is 1.37 bits per heavy atom. The molecule has 8 nitrogen and oxygen atoms in total. The molecule has 3 aliphatic rings. The summed E-state index contributed by atoms with van der Waals surface area (Å²) in [5.41, 5.74) is 1.75. The number of hydrogen-bond acceptors (Lipinski definition) is 7. The largest absolute Gasteiger partial charge is 0.506 e. The van der Waals surface area contributed by atoms with Crippen molar-refractivity contribution < 1.29 is 14.6 Å². The van der Waals surface area contributed by atoms with Crippen molar-refractivity contribution in [1.29, 1.82) is 0 Å². The topological polar surface area (TPSA) is 106 Å². The SMILES string of the molecule is C[C@@H]1[C@@H]2CN(c3nc(Nc4cnc(CO)c(O)c4)ncc3F)C[C@]12NC(=P)C1CC1. The molecule has 3 atom stereocenters. The number of nitrogens with zero attached hydrogens (tertiary/aromatic N) is 4. The van der Waals surface area contributed by atoms with E-state index in [1.807, 2.05) is 4.90 Å². The average molecular weight is 430 g/mol. The fourth-order valence-electron chi connectivity index (χ4n) is 4.50. The summed E-state index contributed by atoms with van der Waals surface area (Å²) in [6.07, 6.45) is 5.03. The Balaban J connectivity index is 1.33. The second kappa shape index (κ2) is 7.11. The van der Waals surface area contributed by atoms with E-state index in [1.165, 1.54) is 25.1 Å². The lowest BCUT2D eigenvalue weighted by Gasteiger charge is -2.25. The number of aromatic hydroxyl groups is 1. The first-order chi connectivity index (χ1) is 14.4. The van der Waals surface area contributed by atoms with Crippen LogP contribution in [0.15, 0.2) is 18.5 Å². The summed E-state index contributed by atoms with van der Waals surface area (Å²) in [6, 6.07) is 1.42. The van der Waals surface area contributed by atoms with E-state index in [0.717, 1.165) is 18.2 Å². The first-order valence-electron chi connectivity index (χ1n) is 10.1. The Morgan fingerprint density at radius 2 is 2.17 bits per heavy atom. The number of rotatable bonds is 7. The first kappa shape index (κ1) is 19.6. The van der Waals surface area contributed by atoms with E-state index >= 15 is 0 Å². The highest BCUT2D eigenvalue weighted by Gasteiger charge is 2.67. The van der Waals surface area contributed by atoms with Gasteiger partial charge in [0, 0.05) is 36.0 Å². The van der Waals surface area contributed by atoms with Gasteiger partial charge in [-0.2, -0.15) is 4.98 Å². The molecule has 1 saturated heterocycles. The molecule has 3 heterocycles. The smallest absolute Gasteiger partial charge is 0.229 e. The standard InChI is InChI=1S/C20H24FN6O2P/c1-10-13-7-27(9-20(10,13)26-18(30)11-2-3-11)17-14(21)6-23-19(25-17)24-12-4-16(29)15(8-28)22-5-12/h4-6,10-11,13,26,28-30H,2-3,7-9H2,1H3,(H,23,24,25)/t10-,13+,20+/m1/s1. The summed E-state index contributed by atoms with van der Waals surface area (Å²) in [4.78, 5) is 14.3. The summed E-state index contributed by atoms with van der Waals surface area (Å²) in [7, 11) is 3.75. The number of aliphatic hydroxyl groups excluding tert-OH is 1. The van der Waals surface area contributed by atoms with E-state index in [0.29, 0.717) is 30.0 Å². The predicted octanol–water partition coefficient (Wildman–Crippen LogP) is 2.05. The van der Waals surface area contributed by atoms with Gasteiger partial charge in [0.05, 0.1) is 24.7 Å². The minimum absolute atomic E-state index is 0.0412. The van der Waals surface area contributed by atoms with Crippen LogP contribution in [0.1, 0.15) is 25.5 Å².